The Labute approximate surface area is 143 Å². The van der Waals surface area contributed by atoms with Gasteiger partial charge in [0, 0.05) is 51.3 Å². The molecule has 1 aliphatic heterocycles. The van der Waals surface area contributed by atoms with Crippen molar-refractivity contribution in [1.29, 1.82) is 0 Å². The monoisotopic (exact) mass is 337 g/mol. The van der Waals surface area contributed by atoms with Crippen LogP contribution in [0.3, 0.4) is 0 Å². The average molecular weight is 337 g/mol. The van der Waals surface area contributed by atoms with Crippen molar-refractivity contribution < 1.29 is 13.9 Å². The Bertz CT molecular complexity index is 519. The molecule has 0 unspecified atom stereocenters. The summed E-state index contributed by atoms with van der Waals surface area (Å²) in [7, 11) is 2.13. The zero-order valence-electron chi connectivity index (χ0n) is 14.6. The molecule has 1 aromatic rings. The number of benzene rings is 1. The van der Waals surface area contributed by atoms with Crippen molar-refractivity contribution in [2.24, 2.45) is 0 Å². The highest BCUT2D eigenvalue weighted by Crippen LogP contribution is 2.12. The Morgan fingerprint density at radius 1 is 1.33 bits per heavy atom. The van der Waals surface area contributed by atoms with Gasteiger partial charge in [0.25, 0.3) is 0 Å². The van der Waals surface area contributed by atoms with Gasteiger partial charge in [0.05, 0.1) is 6.61 Å². The Morgan fingerprint density at radius 2 is 2.08 bits per heavy atom. The van der Waals surface area contributed by atoms with Gasteiger partial charge in [0.2, 0.25) is 5.91 Å². The third-order valence-electron chi connectivity index (χ3n) is 4.37. The molecule has 134 valence electrons. The van der Waals surface area contributed by atoms with Crippen LogP contribution in [0.4, 0.5) is 4.39 Å². The van der Waals surface area contributed by atoms with Crippen LogP contribution in [0.5, 0.6) is 5.75 Å². The molecule has 0 bridgehead atoms. The van der Waals surface area contributed by atoms with Crippen LogP contribution < -0.4 is 10.1 Å². The molecule has 0 aliphatic carbocycles. The minimum absolute atomic E-state index is 0.0406. The van der Waals surface area contributed by atoms with Crippen LogP contribution in [0.25, 0.3) is 0 Å². The molecule has 1 aromatic carbocycles. The maximum Gasteiger partial charge on any atom is 0.220 e. The largest absolute Gasteiger partial charge is 0.493 e. The minimum atomic E-state index is -0.317. The van der Waals surface area contributed by atoms with E-state index in [-0.39, 0.29) is 11.7 Å². The van der Waals surface area contributed by atoms with E-state index in [2.05, 4.69) is 29.1 Å². The summed E-state index contributed by atoms with van der Waals surface area (Å²) in [6, 6.07) is 6.39. The number of halogens is 1. The molecule has 0 radical (unpaired) electrons. The van der Waals surface area contributed by atoms with Gasteiger partial charge in [-0.2, -0.15) is 0 Å². The van der Waals surface area contributed by atoms with Crippen molar-refractivity contribution in [3.8, 4) is 5.75 Å². The molecule has 24 heavy (non-hydrogen) atoms. The summed E-state index contributed by atoms with van der Waals surface area (Å²) in [6.07, 6.45) is 1.04. The molecule has 1 fully saturated rings. The molecule has 1 atom stereocenters. The number of piperazine rings is 1. The molecule has 1 saturated heterocycles. The van der Waals surface area contributed by atoms with Crippen LogP contribution in [-0.4, -0.2) is 68.1 Å². The lowest BCUT2D eigenvalue weighted by Gasteiger charge is -2.36. The first-order chi connectivity index (χ1) is 11.5. The smallest absolute Gasteiger partial charge is 0.220 e. The van der Waals surface area contributed by atoms with E-state index in [0.717, 1.165) is 26.2 Å². The molecule has 6 heteroatoms. The van der Waals surface area contributed by atoms with Gasteiger partial charge < -0.3 is 15.0 Å². The van der Waals surface area contributed by atoms with Crippen LogP contribution in [0.1, 0.15) is 19.8 Å². The number of carbonyl (C=O) groups is 1. The van der Waals surface area contributed by atoms with Crippen molar-refractivity contribution in [1.82, 2.24) is 15.1 Å². The maximum atomic E-state index is 13.0. The second-order valence-corrected chi connectivity index (χ2v) is 6.40. The number of hydrogen-bond acceptors (Lipinski definition) is 4. The summed E-state index contributed by atoms with van der Waals surface area (Å²) in [6.45, 7) is 7.49. The minimum Gasteiger partial charge on any atom is -0.493 e. The van der Waals surface area contributed by atoms with Gasteiger partial charge in [0.15, 0.2) is 0 Å². The third kappa shape index (κ3) is 6.45. The fourth-order valence-electron chi connectivity index (χ4n) is 2.72. The Balaban J connectivity index is 1.56. The van der Waals surface area contributed by atoms with Crippen LogP contribution in [0.2, 0.25) is 0 Å². The lowest BCUT2D eigenvalue weighted by molar-refractivity contribution is -0.121. The van der Waals surface area contributed by atoms with Gasteiger partial charge >= 0.3 is 0 Å². The van der Waals surface area contributed by atoms with E-state index in [1.807, 2.05) is 0 Å². The summed E-state index contributed by atoms with van der Waals surface area (Å²) in [5, 5.41) is 2.99. The molecule has 1 heterocycles. The van der Waals surface area contributed by atoms with Gasteiger partial charge in [-0.15, -0.1) is 0 Å². The molecule has 0 saturated carbocycles. The Hall–Kier alpha value is -1.66. The maximum absolute atomic E-state index is 13.0. The van der Waals surface area contributed by atoms with Crippen molar-refractivity contribution in [2.45, 2.75) is 25.8 Å². The first-order valence-corrected chi connectivity index (χ1v) is 8.62. The first kappa shape index (κ1) is 18.7. The van der Waals surface area contributed by atoms with Crippen LogP contribution in [0, 0.1) is 5.82 Å². The standard InChI is InChI=1S/C18H28FN3O2/c1-15(22-10-8-21(2)9-11-22)14-20-18(23)7-4-12-24-17-6-3-5-16(19)13-17/h3,5-6,13,15H,4,7-12,14H2,1-2H3,(H,20,23)/t15-/m1/s1. The van der Waals surface area contributed by atoms with Crippen LogP contribution in [0.15, 0.2) is 24.3 Å². The van der Waals surface area contributed by atoms with E-state index in [4.69, 9.17) is 4.74 Å². The fourth-order valence-corrected chi connectivity index (χ4v) is 2.72. The molecule has 0 spiro atoms. The lowest BCUT2D eigenvalue weighted by Crippen LogP contribution is -2.51. The van der Waals surface area contributed by atoms with E-state index in [0.29, 0.717) is 37.8 Å². The van der Waals surface area contributed by atoms with Crippen LogP contribution in [-0.2, 0) is 4.79 Å². The first-order valence-electron chi connectivity index (χ1n) is 8.62. The van der Waals surface area contributed by atoms with Crippen molar-refractivity contribution in [3.05, 3.63) is 30.1 Å². The highest BCUT2D eigenvalue weighted by Gasteiger charge is 2.19. The molecule has 1 N–H and O–H groups in total. The number of amides is 1. The number of rotatable bonds is 8. The fraction of sp³-hybridized carbons (Fsp3) is 0.611. The SMILES string of the molecule is C[C@H](CNC(=O)CCCOc1cccc(F)c1)N1CCN(C)CC1. The number of carbonyl (C=O) groups excluding carboxylic acids is 1. The summed E-state index contributed by atoms with van der Waals surface area (Å²) < 4.78 is 18.4. The van der Waals surface area contributed by atoms with E-state index in [9.17, 15) is 9.18 Å². The molecule has 5 nitrogen and oxygen atoms in total. The van der Waals surface area contributed by atoms with E-state index in [1.54, 1.807) is 12.1 Å². The topological polar surface area (TPSA) is 44.8 Å². The quantitative estimate of drug-likeness (QED) is 0.734. The molecule has 2 rings (SSSR count). The molecular formula is C18H28FN3O2. The zero-order chi connectivity index (χ0) is 17.4. The van der Waals surface area contributed by atoms with Crippen molar-refractivity contribution in [3.63, 3.8) is 0 Å². The van der Waals surface area contributed by atoms with E-state index in [1.165, 1.54) is 12.1 Å². The summed E-state index contributed by atoms with van der Waals surface area (Å²) >= 11 is 0. The normalized spacial score (nSPS) is 17.5. The van der Waals surface area contributed by atoms with Crippen LogP contribution >= 0.6 is 0 Å². The van der Waals surface area contributed by atoms with Gasteiger partial charge in [-0.25, -0.2) is 4.39 Å². The van der Waals surface area contributed by atoms with Gasteiger partial charge in [0.1, 0.15) is 11.6 Å². The predicted molar refractivity (Wildman–Crippen MR) is 92.7 cm³/mol. The number of nitrogens with one attached hydrogen (secondary N) is 1. The molecule has 1 aliphatic rings. The number of likely N-dealkylation sites (N-methyl/N-ethyl adjacent to an activating group) is 1. The van der Waals surface area contributed by atoms with E-state index >= 15 is 0 Å². The van der Waals surface area contributed by atoms with Crippen molar-refractivity contribution >= 4 is 5.91 Å². The zero-order valence-corrected chi connectivity index (χ0v) is 14.6. The highest BCUT2D eigenvalue weighted by molar-refractivity contribution is 5.75. The van der Waals surface area contributed by atoms with Gasteiger partial charge in [-0.1, -0.05) is 6.07 Å². The second-order valence-electron chi connectivity index (χ2n) is 6.40. The third-order valence-corrected chi connectivity index (χ3v) is 4.37. The Morgan fingerprint density at radius 3 is 2.79 bits per heavy atom. The average Bonchev–Trinajstić information content (AvgIpc) is 2.57. The second kappa shape index (κ2) is 9.59. The van der Waals surface area contributed by atoms with E-state index < -0.39 is 0 Å². The van der Waals surface area contributed by atoms with Crippen molar-refractivity contribution in [2.75, 3.05) is 46.4 Å². The van der Waals surface area contributed by atoms with Gasteiger partial charge in [-0.3, -0.25) is 9.69 Å². The summed E-state index contributed by atoms with van der Waals surface area (Å²) in [5.74, 6) is 0.223. The Kier molecular flexibility index (Phi) is 7.46. The van der Waals surface area contributed by atoms with Gasteiger partial charge in [-0.05, 0) is 32.5 Å². The molecule has 0 aromatic heterocycles. The number of nitrogens with zero attached hydrogens (tertiary/aromatic N) is 2. The predicted octanol–water partition coefficient (Wildman–Crippen LogP) is 1.74. The molecule has 1 amide bonds. The molecular weight excluding hydrogens is 309 g/mol. The number of ether oxygens (including phenoxy) is 1. The highest BCUT2D eigenvalue weighted by atomic mass is 19.1. The lowest BCUT2D eigenvalue weighted by atomic mass is 10.2. The summed E-state index contributed by atoms with van der Waals surface area (Å²) in [4.78, 5) is 16.6. The number of hydrogen-bond donors (Lipinski definition) is 1. The summed E-state index contributed by atoms with van der Waals surface area (Å²) in [5.41, 5.74) is 0.